The molecular formula is C16H21FN2O2. The quantitative estimate of drug-likeness (QED) is 0.838. The zero-order chi connectivity index (χ0) is 15.6. The van der Waals surface area contributed by atoms with Crippen molar-refractivity contribution in [2.24, 2.45) is 5.92 Å². The van der Waals surface area contributed by atoms with Crippen LogP contribution in [-0.4, -0.2) is 47.3 Å². The van der Waals surface area contributed by atoms with E-state index in [9.17, 15) is 14.0 Å². The molecule has 2 amide bonds. The average Bonchev–Trinajstić information content (AvgIpc) is 2.46. The Kier molecular flexibility index (Phi) is 4.60. The highest BCUT2D eigenvalue weighted by Gasteiger charge is 2.31. The van der Waals surface area contributed by atoms with E-state index in [-0.39, 0.29) is 29.3 Å². The molecule has 1 aromatic rings. The molecule has 1 unspecified atom stereocenters. The summed E-state index contributed by atoms with van der Waals surface area (Å²) in [7, 11) is 0. The number of hydrogen-bond acceptors (Lipinski definition) is 2. The van der Waals surface area contributed by atoms with Gasteiger partial charge in [-0.3, -0.25) is 9.59 Å². The van der Waals surface area contributed by atoms with E-state index in [0.29, 0.717) is 19.6 Å². The van der Waals surface area contributed by atoms with Crippen LogP contribution < -0.4 is 0 Å². The maximum Gasteiger partial charge on any atom is 0.257 e. The minimum atomic E-state index is -0.504. The second kappa shape index (κ2) is 6.24. The van der Waals surface area contributed by atoms with Crippen LogP contribution in [0.15, 0.2) is 24.3 Å². The van der Waals surface area contributed by atoms with Crippen molar-refractivity contribution in [3.8, 4) is 0 Å². The van der Waals surface area contributed by atoms with E-state index in [1.54, 1.807) is 21.9 Å². The van der Waals surface area contributed by atoms with Crippen molar-refractivity contribution in [2.75, 3.05) is 19.6 Å². The van der Waals surface area contributed by atoms with E-state index in [1.807, 2.05) is 20.8 Å². The Balaban J connectivity index is 2.09. The van der Waals surface area contributed by atoms with E-state index < -0.39 is 5.82 Å². The molecule has 114 valence electrons. The fourth-order valence-corrected chi connectivity index (χ4v) is 2.61. The fraction of sp³-hybridized carbons (Fsp3) is 0.500. The molecule has 0 N–H and O–H groups in total. The Hall–Kier alpha value is -1.91. The van der Waals surface area contributed by atoms with Gasteiger partial charge in [-0.1, -0.05) is 26.0 Å². The summed E-state index contributed by atoms with van der Waals surface area (Å²) >= 11 is 0. The van der Waals surface area contributed by atoms with Gasteiger partial charge in [-0.05, 0) is 19.1 Å². The van der Waals surface area contributed by atoms with Gasteiger partial charge in [0.25, 0.3) is 5.91 Å². The molecule has 4 nitrogen and oxygen atoms in total. The zero-order valence-corrected chi connectivity index (χ0v) is 12.7. The van der Waals surface area contributed by atoms with Crippen LogP contribution in [-0.2, 0) is 4.79 Å². The second-order valence-corrected chi connectivity index (χ2v) is 5.77. The van der Waals surface area contributed by atoms with Crippen molar-refractivity contribution in [3.05, 3.63) is 35.6 Å². The summed E-state index contributed by atoms with van der Waals surface area (Å²) in [5.41, 5.74) is 0.0907. The molecule has 0 aliphatic carbocycles. The first kappa shape index (κ1) is 15.5. The van der Waals surface area contributed by atoms with Gasteiger partial charge in [-0.25, -0.2) is 4.39 Å². The Labute approximate surface area is 124 Å². The normalized spacial score (nSPS) is 19.0. The second-order valence-electron chi connectivity index (χ2n) is 5.77. The summed E-state index contributed by atoms with van der Waals surface area (Å²) in [6.45, 7) is 7.05. The van der Waals surface area contributed by atoms with E-state index in [2.05, 4.69) is 0 Å². The number of piperazine rings is 1. The molecule has 0 bridgehead atoms. The lowest BCUT2D eigenvalue weighted by Gasteiger charge is -2.40. The molecule has 2 rings (SSSR count). The predicted molar refractivity (Wildman–Crippen MR) is 78.3 cm³/mol. The highest BCUT2D eigenvalue weighted by Crippen LogP contribution is 2.17. The van der Waals surface area contributed by atoms with Gasteiger partial charge in [0, 0.05) is 31.6 Å². The number of halogens is 1. The number of benzene rings is 1. The van der Waals surface area contributed by atoms with Crippen LogP contribution >= 0.6 is 0 Å². The number of rotatable bonds is 2. The van der Waals surface area contributed by atoms with Crippen molar-refractivity contribution >= 4 is 11.8 Å². The topological polar surface area (TPSA) is 40.6 Å². The first-order valence-corrected chi connectivity index (χ1v) is 7.26. The Bertz CT molecular complexity index is 545. The molecule has 1 saturated heterocycles. The molecule has 1 aromatic carbocycles. The summed E-state index contributed by atoms with van der Waals surface area (Å²) < 4.78 is 13.7. The molecule has 1 aliphatic heterocycles. The Morgan fingerprint density at radius 2 is 1.90 bits per heavy atom. The van der Waals surface area contributed by atoms with Crippen molar-refractivity contribution in [1.29, 1.82) is 0 Å². The number of carbonyl (C=O) groups is 2. The molecule has 5 heteroatoms. The lowest BCUT2D eigenvalue weighted by atomic mass is 10.1. The van der Waals surface area contributed by atoms with Crippen molar-refractivity contribution < 1.29 is 14.0 Å². The monoisotopic (exact) mass is 292 g/mol. The minimum absolute atomic E-state index is 0.0500. The third kappa shape index (κ3) is 3.23. The summed E-state index contributed by atoms with van der Waals surface area (Å²) in [6.07, 6.45) is 0. The summed E-state index contributed by atoms with van der Waals surface area (Å²) in [6, 6.07) is 5.88. The number of nitrogens with zero attached hydrogens (tertiary/aromatic N) is 2. The molecule has 1 atom stereocenters. The molecule has 1 heterocycles. The van der Waals surface area contributed by atoms with Gasteiger partial charge in [-0.2, -0.15) is 0 Å². The number of amides is 2. The third-order valence-corrected chi connectivity index (χ3v) is 3.80. The lowest BCUT2D eigenvalue weighted by molar-refractivity contribution is -0.136. The smallest absolute Gasteiger partial charge is 0.257 e. The average molecular weight is 292 g/mol. The van der Waals surface area contributed by atoms with Crippen LogP contribution in [0.4, 0.5) is 4.39 Å². The van der Waals surface area contributed by atoms with Crippen LogP contribution in [0.25, 0.3) is 0 Å². The highest BCUT2D eigenvalue weighted by molar-refractivity contribution is 5.95. The maximum absolute atomic E-state index is 13.7. The Morgan fingerprint density at radius 3 is 2.48 bits per heavy atom. The van der Waals surface area contributed by atoms with Crippen LogP contribution in [0.5, 0.6) is 0 Å². The molecule has 0 saturated carbocycles. The van der Waals surface area contributed by atoms with Gasteiger partial charge < -0.3 is 9.80 Å². The molecule has 1 aliphatic rings. The van der Waals surface area contributed by atoms with Crippen molar-refractivity contribution in [2.45, 2.75) is 26.8 Å². The summed E-state index contributed by atoms with van der Waals surface area (Å²) in [4.78, 5) is 27.9. The molecule has 0 radical (unpaired) electrons. The van der Waals surface area contributed by atoms with Gasteiger partial charge >= 0.3 is 0 Å². The standard InChI is InChI=1S/C16H21FN2O2/c1-11(2)15(20)18-8-9-19(12(3)10-18)16(21)13-6-4-5-7-14(13)17/h4-7,11-12H,8-10H2,1-3H3. The number of hydrogen-bond donors (Lipinski definition) is 0. The first-order chi connectivity index (χ1) is 9.91. The molecule has 0 aromatic heterocycles. The Morgan fingerprint density at radius 1 is 1.24 bits per heavy atom. The van der Waals surface area contributed by atoms with E-state index in [1.165, 1.54) is 12.1 Å². The van der Waals surface area contributed by atoms with Gasteiger partial charge in [0.15, 0.2) is 0 Å². The predicted octanol–water partition coefficient (Wildman–Crippen LogP) is 2.15. The van der Waals surface area contributed by atoms with Gasteiger partial charge in [-0.15, -0.1) is 0 Å². The molecule has 0 spiro atoms. The van der Waals surface area contributed by atoms with Crippen LogP contribution in [0, 0.1) is 11.7 Å². The zero-order valence-electron chi connectivity index (χ0n) is 12.7. The van der Waals surface area contributed by atoms with Crippen LogP contribution in [0.1, 0.15) is 31.1 Å². The van der Waals surface area contributed by atoms with E-state index in [4.69, 9.17) is 0 Å². The largest absolute Gasteiger partial charge is 0.339 e. The van der Waals surface area contributed by atoms with Crippen LogP contribution in [0.3, 0.4) is 0 Å². The highest BCUT2D eigenvalue weighted by atomic mass is 19.1. The van der Waals surface area contributed by atoms with Crippen molar-refractivity contribution in [1.82, 2.24) is 9.80 Å². The third-order valence-electron chi connectivity index (χ3n) is 3.80. The van der Waals surface area contributed by atoms with Gasteiger partial charge in [0.1, 0.15) is 5.82 Å². The SMILES string of the molecule is CC(C)C(=O)N1CCN(C(=O)c2ccccc2F)C(C)C1. The number of carbonyl (C=O) groups excluding carboxylic acids is 2. The summed E-state index contributed by atoms with van der Waals surface area (Å²) in [5, 5.41) is 0. The fourth-order valence-electron chi connectivity index (χ4n) is 2.61. The first-order valence-electron chi connectivity index (χ1n) is 7.26. The van der Waals surface area contributed by atoms with Crippen molar-refractivity contribution in [3.63, 3.8) is 0 Å². The molecule has 21 heavy (non-hydrogen) atoms. The molecule has 1 fully saturated rings. The van der Waals surface area contributed by atoms with Gasteiger partial charge in [0.05, 0.1) is 5.56 Å². The van der Waals surface area contributed by atoms with E-state index in [0.717, 1.165) is 0 Å². The minimum Gasteiger partial charge on any atom is -0.339 e. The summed E-state index contributed by atoms with van der Waals surface area (Å²) in [5.74, 6) is -0.765. The molecular weight excluding hydrogens is 271 g/mol. The maximum atomic E-state index is 13.7. The lowest BCUT2D eigenvalue weighted by Crippen LogP contribution is -2.56. The van der Waals surface area contributed by atoms with E-state index >= 15 is 0 Å². The van der Waals surface area contributed by atoms with Gasteiger partial charge in [0.2, 0.25) is 5.91 Å². The van der Waals surface area contributed by atoms with Crippen LogP contribution in [0.2, 0.25) is 0 Å².